The molecule has 3 aromatic heterocycles. The van der Waals surface area contributed by atoms with Crippen molar-refractivity contribution in [3.05, 3.63) is 60.8 Å². The number of hydrogen-bond donors (Lipinski definition) is 1. The van der Waals surface area contributed by atoms with Gasteiger partial charge in [-0.15, -0.1) is 0 Å². The van der Waals surface area contributed by atoms with E-state index < -0.39 is 0 Å². The molecule has 4 heterocycles. The molecule has 4 aromatic rings. The minimum Gasteiger partial charge on any atom is -0.383 e. The van der Waals surface area contributed by atoms with E-state index in [1.807, 2.05) is 23.0 Å². The highest BCUT2D eigenvalue weighted by atomic mass is 15.1. The zero-order valence-electron chi connectivity index (χ0n) is 16.3. The molecule has 0 spiro atoms. The summed E-state index contributed by atoms with van der Waals surface area (Å²) in [7, 11) is 0. The molecule has 0 radical (unpaired) electrons. The fourth-order valence-corrected chi connectivity index (χ4v) is 4.05. The van der Waals surface area contributed by atoms with E-state index in [0.717, 1.165) is 40.5 Å². The molecular formula is C23H24N6. The summed E-state index contributed by atoms with van der Waals surface area (Å²) in [5.74, 6) is 1.23. The van der Waals surface area contributed by atoms with Crippen LogP contribution in [-0.4, -0.2) is 44.1 Å². The number of likely N-dealkylation sites (tertiary alicyclic amines) is 1. The molecule has 1 fully saturated rings. The van der Waals surface area contributed by atoms with Gasteiger partial charge in [0.1, 0.15) is 18.0 Å². The van der Waals surface area contributed by atoms with E-state index >= 15 is 0 Å². The largest absolute Gasteiger partial charge is 0.383 e. The van der Waals surface area contributed by atoms with Crippen molar-refractivity contribution < 1.29 is 0 Å². The Labute approximate surface area is 169 Å². The van der Waals surface area contributed by atoms with Crippen LogP contribution in [0.3, 0.4) is 0 Å². The monoisotopic (exact) mass is 384 g/mol. The average Bonchev–Trinajstić information content (AvgIpc) is 3.45. The average molecular weight is 384 g/mol. The van der Waals surface area contributed by atoms with E-state index in [9.17, 15) is 0 Å². The summed E-state index contributed by atoms with van der Waals surface area (Å²) in [5, 5.41) is 3.00. The number of pyridine rings is 2. The number of benzene rings is 1. The molecular weight excluding hydrogens is 360 g/mol. The molecule has 0 aliphatic carbocycles. The third-order valence-electron chi connectivity index (χ3n) is 5.61. The normalized spacial score (nSPS) is 15.2. The van der Waals surface area contributed by atoms with Crippen LogP contribution in [0.4, 0.5) is 5.82 Å². The van der Waals surface area contributed by atoms with Crippen LogP contribution in [-0.2, 0) is 0 Å². The van der Waals surface area contributed by atoms with Gasteiger partial charge in [-0.2, -0.15) is 0 Å². The Balaban J connectivity index is 1.45. The fraction of sp³-hybridized carbons (Fsp3) is 0.261. The fourth-order valence-electron chi connectivity index (χ4n) is 4.05. The molecule has 2 N–H and O–H groups in total. The lowest BCUT2D eigenvalue weighted by atomic mass is 10.0. The van der Waals surface area contributed by atoms with Gasteiger partial charge >= 0.3 is 0 Å². The highest BCUT2D eigenvalue weighted by molar-refractivity contribution is 6.09. The quantitative estimate of drug-likeness (QED) is 0.526. The molecule has 6 heteroatoms. The molecule has 146 valence electrons. The molecule has 5 rings (SSSR count). The maximum atomic E-state index is 6.22. The number of nitrogens with two attached hydrogens (primary N) is 1. The summed E-state index contributed by atoms with van der Waals surface area (Å²) in [4.78, 5) is 15.8. The lowest BCUT2D eigenvalue weighted by Gasteiger charge is -2.12. The predicted molar refractivity (Wildman–Crippen MR) is 118 cm³/mol. The van der Waals surface area contributed by atoms with Crippen LogP contribution in [0.25, 0.3) is 33.6 Å². The summed E-state index contributed by atoms with van der Waals surface area (Å²) < 4.78 is 1.86. The van der Waals surface area contributed by atoms with Crippen LogP contribution in [0.15, 0.2) is 55.3 Å². The summed E-state index contributed by atoms with van der Waals surface area (Å²) in [6, 6.07) is 8.45. The lowest BCUT2D eigenvalue weighted by molar-refractivity contribution is 0.346. The van der Waals surface area contributed by atoms with Gasteiger partial charge < -0.3 is 10.6 Å². The number of aromatic nitrogens is 4. The molecule has 6 nitrogen and oxygen atoms in total. The van der Waals surface area contributed by atoms with E-state index in [1.165, 1.54) is 31.5 Å². The first-order valence-electron chi connectivity index (χ1n) is 10.1. The van der Waals surface area contributed by atoms with Gasteiger partial charge in [0.2, 0.25) is 0 Å². The Hall–Kier alpha value is -3.25. The minimum atomic E-state index is 0.478. The van der Waals surface area contributed by atoms with E-state index in [4.69, 9.17) is 5.73 Å². The zero-order valence-corrected chi connectivity index (χ0v) is 16.3. The Morgan fingerprint density at radius 3 is 2.79 bits per heavy atom. The second-order valence-electron chi connectivity index (χ2n) is 7.57. The molecule has 1 aliphatic rings. The van der Waals surface area contributed by atoms with Crippen molar-refractivity contribution in [1.29, 1.82) is 0 Å². The Morgan fingerprint density at radius 2 is 1.97 bits per heavy atom. The van der Waals surface area contributed by atoms with Crippen molar-refractivity contribution in [1.82, 2.24) is 24.4 Å². The zero-order chi connectivity index (χ0) is 19.6. The van der Waals surface area contributed by atoms with Crippen molar-refractivity contribution in [2.45, 2.75) is 19.3 Å². The van der Waals surface area contributed by atoms with Crippen LogP contribution in [0.5, 0.6) is 0 Å². The second-order valence-corrected chi connectivity index (χ2v) is 7.57. The van der Waals surface area contributed by atoms with Gasteiger partial charge in [-0.05, 0) is 55.4 Å². The van der Waals surface area contributed by atoms with Crippen LogP contribution < -0.4 is 5.73 Å². The summed E-state index contributed by atoms with van der Waals surface area (Å²) in [5.41, 5.74) is 8.35. The molecule has 0 atom stereocenters. The third kappa shape index (κ3) is 3.59. The summed E-state index contributed by atoms with van der Waals surface area (Å²) >= 11 is 0. The van der Waals surface area contributed by atoms with E-state index in [0.29, 0.717) is 5.82 Å². The molecule has 1 aliphatic heterocycles. The van der Waals surface area contributed by atoms with Gasteiger partial charge in [0.15, 0.2) is 0 Å². The van der Waals surface area contributed by atoms with Crippen LogP contribution in [0.2, 0.25) is 0 Å². The molecule has 29 heavy (non-hydrogen) atoms. The predicted octanol–water partition coefficient (Wildman–Crippen LogP) is 4.05. The van der Waals surface area contributed by atoms with Gasteiger partial charge in [-0.3, -0.25) is 9.55 Å². The maximum Gasteiger partial charge on any atom is 0.140 e. The van der Waals surface area contributed by atoms with Gasteiger partial charge in [-0.1, -0.05) is 24.3 Å². The van der Waals surface area contributed by atoms with Gasteiger partial charge in [0, 0.05) is 35.9 Å². The van der Waals surface area contributed by atoms with Crippen molar-refractivity contribution in [2.75, 3.05) is 25.4 Å². The summed E-state index contributed by atoms with van der Waals surface area (Å²) in [6.45, 7) is 3.65. The first-order valence-corrected chi connectivity index (χ1v) is 10.1. The highest BCUT2D eigenvalue weighted by Crippen LogP contribution is 2.29. The first-order chi connectivity index (χ1) is 14.3. The number of fused-ring (bicyclic) bond motifs is 3. The Morgan fingerprint density at radius 1 is 1.07 bits per heavy atom. The minimum absolute atomic E-state index is 0.478. The topological polar surface area (TPSA) is 72.9 Å². The molecule has 1 aromatic carbocycles. The van der Waals surface area contributed by atoms with Crippen LogP contribution >= 0.6 is 0 Å². The smallest absolute Gasteiger partial charge is 0.140 e. The number of nitrogens with zero attached hydrogens (tertiary/aromatic N) is 5. The molecule has 0 saturated carbocycles. The second kappa shape index (κ2) is 7.64. The molecule has 1 saturated heterocycles. The number of imidazole rings is 1. The lowest BCUT2D eigenvalue weighted by Crippen LogP contribution is -2.19. The number of anilines is 1. The first kappa shape index (κ1) is 17.8. The Kier molecular flexibility index (Phi) is 4.69. The third-order valence-corrected chi connectivity index (χ3v) is 5.61. The van der Waals surface area contributed by atoms with Crippen molar-refractivity contribution in [3.63, 3.8) is 0 Å². The van der Waals surface area contributed by atoms with Crippen molar-refractivity contribution in [2.24, 2.45) is 0 Å². The van der Waals surface area contributed by atoms with Crippen molar-refractivity contribution >= 4 is 33.6 Å². The van der Waals surface area contributed by atoms with E-state index in [-0.39, 0.29) is 0 Å². The standard InChI is InChI=1S/C23H24N6/c24-23-20-15-26-21-13-17(5-1-2-9-28-10-3-4-11-28)6-7-18(21)19(20)14-22(27-23)29-12-8-25-16-29/h1,5-8,12-16H,2-4,9-11H2,(H2,24,27)/b5-1+. The number of nitrogen functional groups attached to an aromatic ring is 1. The SMILES string of the molecule is Nc1nc(-n2ccnc2)cc2c1cnc1cc(/C=C/CCN3CCCC3)ccc12. The molecule has 0 amide bonds. The van der Waals surface area contributed by atoms with E-state index in [2.05, 4.69) is 50.2 Å². The number of hydrogen-bond acceptors (Lipinski definition) is 5. The van der Waals surface area contributed by atoms with Crippen LogP contribution in [0.1, 0.15) is 24.8 Å². The van der Waals surface area contributed by atoms with Gasteiger partial charge in [-0.25, -0.2) is 9.97 Å². The van der Waals surface area contributed by atoms with Gasteiger partial charge in [0.25, 0.3) is 0 Å². The molecule has 0 bridgehead atoms. The van der Waals surface area contributed by atoms with E-state index in [1.54, 1.807) is 12.5 Å². The highest BCUT2D eigenvalue weighted by Gasteiger charge is 2.10. The summed E-state index contributed by atoms with van der Waals surface area (Å²) in [6.07, 6.45) is 15.4. The van der Waals surface area contributed by atoms with Crippen molar-refractivity contribution in [3.8, 4) is 5.82 Å². The number of rotatable bonds is 5. The Bertz CT molecular complexity index is 1170. The van der Waals surface area contributed by atoms with Gasteiger partial charge in [0.05, 0.1) is 5.52 Å². The van der Waals surface area contributed by atoms with Crippen LogP contribution in [0, 0.1) is 0 Å². The molecule has 0 unspecified atom stereocenters. The maximum absolute atomic E-state index is 6.22.